The van der Waals surface area contributed by atoms with Crippen molar-refractivity contribution >= 4 is 11.6 Å². The lowest BCUT2D eigenvalue weighted by Gasteiger charge is -2.14. The lowest BCUT2D eigenvalue weighted by atomic mass is 10.0. The molecule has 1 amide bonds. The highest BCUT2D eigenvalue weighted by Gasteiger charge is 2.30. The molecule has 1 aromatic heterocycles. The molecule has 3 N–H and O–H groups in total. The summed E-state index contributed by atoms with van der Waals surface area (Å²) in [5, 5.41) is 2.85. The molecular formula is C16H18N4O. The first-order valence-electron chi connectivity index (χ1n) is 7.18. The number of hydrogen-bond donors (Lipinski definition) is 2. The number of nitrogens with zero attached hydrogens (tertiary/aromatic N) is 2. The third-order valence-corrected chi connectivity index (χ3v) is 3.86. The second-order valence-corrected chi connectivity index (χ2v) is 5.35. The zero-order valence-electron chi connectivity index (χ0n) is 11.7. The molecule has 2 unspecified atom stereocenters. The van der Waals surface area contributed by atoms with E-state index in [9.17, 15) is 4.79 Å². The molecule has 2 atom stereocenters. The van der Waals surface area contributed by atoms with Crippen LogP contribution in [0.1, 0.15) is 19.3 Å². The van der Waals surface area contributed by atoms with Gasteiger partial charge in [0.05, 0.1) is 24.0 Å². The molecule has 0 spiro atoms. The van der Waals surface area contributed by atoms with Crippen LogP contribution in [0.5, 0.6) is 0 Å². The summed E-state index contributed by atoms with van der Waals surface area (Å²) in [6.07, 6.45) is 6.06. The first-order chi connectivity index (χ1) is 10.2. The number of nitrogens with two attached hydrogens (primary N) is 1. The molecule has 0 bridgehead atoms. The van der Waals surface area contributed by atoms with E-state index in [0.717, 1.165) is 24.8 Å². The third-order valence-electron chi connectivity index (χ3n) is 3.86. The molecule has 1 aliphatic carbocycles. The second kappa shape index (κ2) is 6.01. The van der Waals surface area contributed by atoms with E-state index in [2.05, 4.69) is 15.3 Å². The fourth-order valence-corrected chi connectivity index (χ4v) is 2.68. The van der Waals surface area contributed by atoms with Crippen molar-refractivity contribution < 1.29 is 4.79 Å². The summed E-state index contributed by atoms with van der Waals surface area (Å²) in [7, 11) is 0. The third kappa shape index (κ3) is 3.08. The van der Waals surface area contributed by atoms with Crippen molar-refractivity contribution in [3.63, 3.8) is 0 Å². The number of rotatable bonds is 3. The van der Waals surface area contributed by atoms with Gasteiger partial charge in [0.2, 0.25) is 5.91 Å². The monoisotopic (exact) mass is 282 g/mol. The Morgan fingerprint density at radius 3 is 2.48 bits per heavy atom. The molecule has 0 saturated heterocycles. The summed E-state index contributed by atoms with van der Waals surface area (Å²) in [6.45, 7) is 0. The highest BCUT2D eigenvalue weighted by molar-refractivity contribution is 5.93. The van der Waals surface area contributed by atoms with Crippen LogP contribution in [0, 0.1) is 5.92 Å². The molecule has 0 aliphatic heterocycles. The van der Waals surface area contributed by atoms with Crippen LogP contribution in [0.2, 0.25) is 0 Å². The van der Waals surface area contributed by atoms with Crippen LogP contribution in [-0.4, -0.2) is 21.9 Å². The summed E-state index contributed by atoms with van der Waals surface area (Å²) in [5.74, 6) is 0.515. The standard InChI is InChI=1S/C16H18N4O/c17-14-8-4-7-13(14)16(21)20-12-9-18-15(19-10-12)11-5-2-1-3-6-11/h1-3,5-6,9-10,13-14H,4,7-8,17H2,(H,20,21). The van der Waals surface area contributed by atoms with Crippen molar-refractivity contribution in [1.29, 1.82) is 0 Å². The maximum absolute atomic E-state index is 12.1. The van der Waals surface area contributed by atoms with Gasteiger partial charge in [0.1, 0.15) is 0 Å². The summed E-state index contributed by atoms with van der Waals surface area (Å²) in [4.78, 5) is 20.7. The van der Waals surface area contributed by atoms with Gasteiger partial charge >= 0.3 is 0 Å². The van der Waals surface area contributed by atoms with Gasteiger partial charge in [-0.3, -0.25) is 4.79 Å². The quantitative estimate of drug-likeness (QED) is 0.904. The highest BCUT2D eigenvalue weighted by Crippen LogP contribution is 2.25. The maximum Gasteiger partial charge on any atom is 0.229 e. The zero-order chi connectivity index (χ0) is 14.7. The predicted molar refractivity (Wildman–Crippen MR) is 81.4 cm³/mol. The molecule has 1 aromatic carbocycles. The van der Waals surface area contributed by atoms with E-state index in [4.69, 9.17) is 5.73 Å². The van der Waals surface area contributed by atoms with Gasteiger partial charge in [-0.15, -0.1) is 0 Å². The average molecular weight is 282 g/mol. The zero-order valence-corrected chi connectivity index (χ0v) is 11.7. The van der Waals surface area contributed by atoms with E-state index in [0.29, 0.717) is 11.5 Å². The molecule has 2 aromatic rings. The first kappa shape index (κ1) is 13.7. The van der Waals surface area contributed by atoms with E-state index in [1.807, 2.05) is 30.3 Å². The van der Waals surface area contributed by atoms with Gasteiger partial charge in [0.15, 0.2) is 5.82 Å². The first-order valence-corrected chi connectivity index (χ1v) is 7.18. The van der Waals surface area contributed by atoms with Crippen molar-refractivity contribution in [3.05, 3.63) is 42.7 Å². The van der Waals surface area contributed by atoms with Crippen LogP contribution in [-0.2, 0) is 4.79 Å². The summed E-state index contributed by atoms with van der Waals surface area (Å²) in [6, 6.07) is 9.69. The summed E-state index contributed by atoms with van der Waals surface area (Å²) in [5.41, 5.74) is 7.50. The fourth-order valence-electron chi connectivity index (χ4n) is 2.68. The number of benzene rings is 1. The summed E-state index contributed by atoms with van der Waals surface area (Å²) < 4.78 is 0. The minimum Gasteiger partial charge on any atom is -0.327 e. The molecule has 108 valence electrons. The summed E-state index contributed by atoms with van der Waals surface area (Å²) >= 11 is 0. The van der Waals surface area contributed by atoms with E-state index >= 15 is 0 Å². The van der Waals surface area contributed by atoms with Gasteiger partial charge in [0.25, 0.3) is 0 Å². The Morgan fingerprint density at radius 2 is 1.86 bits per heavy atom. The van der Waals surface area contributed by atoms with Crippen LogP contribution in [0.3, 0.4) is 0 Å². The molecule has 5 heteroatoms. The van der Waals surface area contributed by atoms with Crippen LogP contribution in [0.15, 0.2) is 42.7 Å². The largest absolute Gasteiger partial charge is 0.327 e. The Bertz CT molecular complexity index is 612. The maximum atomic E-state index is 12.1. The Morgan fingerprint density at radius 1 is 1.14 bits per heavy atom. The van der Waals surface area contributed by atoms with Crippen molar-refractivity contribution in [3.8, 4) is 11.4 Å². The highest BCUT2D eigenvalue weighted by atomic mass is 16.1. The minimum atomic E-state index is -0.0983. The van der Waals surface area contributed by atoms with Gasteiger partial charge in [0, 0.05) is 11.6 Å². The SMILES string of the molecule is NC1CCCC1C(=O)Nc1cnc(-c2ccccc2)nc1. The lowest BCUT2D eigenvalue weighted by Crippen LogP contribution is -2.34. The normalized spacial score (nSPS) is 21.2. The number of hydrogen-bond acceptors (Lipinski definition) is 4. The van der Waals surface area contributed by atoms with Crippen LogP contribution in [0.25, 0.3) is 11.4 Å². The van der Waals surface area contributed by atoms with E-state index in [-0.39, 0.29) is 17.9 Å². The van der Waals surface area contributed by atoms with Gasteiger partial charge in [-0.25, -0.2) is 9.97 Å². The topological polar surface area (TPSA) is 80.9 Å². The lowest BCUT2D eigenvalue weighted by molar-refractivity contribution is -0.120. The van der Waals surface area contributed by atoms with Crippen molar-refractivity contribution in [2.24, 2.45) is 11.7 Å². The van der Waals surface area contributed by atoms with E-state index < -0.39 is 0 Å². The number of aromatic nitrogens is 2. The molecule has 3 rings (SSSR count). The smallest absolute Gasteiger partial charge is 0.229 e. The number of carbonyl (C=O) groups excluding carboxylic acids is 1. The number of carbonyl (C=O) groups is 1. The number of anilines is 1. The molecule has 1 heterocycles. The second-order valence-electron chi connectivity index (χ2n) is 5.35. The Hall–Kier alpha value is -2.27. The Balaban J connectivity index is 1.69. The molecular weight excluding hydrogens is 264 g/mol. The molecule has 1 saturated carbocycles. The Labute approximate surface area is 123 Å². The predicted octanol–water partition coefficient (Wildman–Crippen LogP) is 2.21. The van der Waals surface area contributed by atoms with E-state index in [1.165, 1.54) is 0 Å². The van der Waals surface area contributed by atoms with Crippen LogP contribution in [0.4, 0.5) is 5.69 Å². The van der Waals surface area contributed by atoms with Crippen LogP contribution < -0.4 is 11.1 Å². The van der Waals surface area contributed by atoms with Crippen molar-refractivity contribution in [2.75, 3.05) is 5.32 Å². The molecule has 1 aliphatic rings. The van der Waals surface area contributed by atoms with Gasteiger partial charge < -0.3 is 11.1 Å². The average Bonchev–Trinajstić information content (AvgIpc) is 2.95. The number of nitrogens with one attached hydrogen (secondary N) is 1. The molecule has 5 nitrogen and oxygen atoms in total. The minimum absolute atomic E-state index is 0.0314. The van der Waals surface area contributed by atoms with Gasteiger partial charge in [-0.05, 0) is 12.8 Å². The molecule has 21 heavy (non-hydrogen) atoms. The van der Waals surface area contributed by atoms with Crippen molar-refractivity contribution in [2.45, 2.75) is 25.3 Å². The number of amides is 1. The van der Waals surface area contributed by atoms with Crippen LogP contribution >= 0.6 is 0 Å². The van der Waals surface area contributed by atoms with Gasteiger partial charge in [-0.2, -0.15) is 0 Å². The van der Waals surface area contributed by atoms with E-state index in [1.54, 1.807) is 12.4 Å². The van der Waals surface area contributed by atoms with Crippen molar-refractivity contribution in [1.82, 2.24) is 9.97 Å². The molecule has 0 radical (unpaired) electrons. The fraction of sp³-hybridized carbons (Fsp3) is 0.312. The Kier molecular flexibility index (Phi) is 3.92. The molecule has 1 fully saturated rings. The van der Waals surface area contributed by atoms with Gasteiger partial charge in [-0.1, -0.05) is 36.8 Å².